The molecule has 1 aromatic rings. The van der Waals surface area contributed by atoms with Gasteiger partial charge in [-0.2, -0.15) is 0 Å². The highest BCUT2D eigenvalue weighted by Gasteiger charge is 2.17. The van der Waals surface area contributed by atoms with Gasteiger partial charge in [0.2, 0.25) is 0 Å². The van der Waals surface area contributed by atoms with Gasteiger partial charge in [-0.1, -0.05) is 29.3 Å². The lowest BCUT2D eigenvalue weighted by atomic mass is 9.98. The van der Waals surface area contributed by atoms with Gasteiger partial charge in [-0.25, -0.2) is 0 Å². The molecular formula is C14H19Cl2NO. The van der Waals surface area contributed by atoms with E-state index in [1.165, 1.54) is 12.8 Å². The maximum atomic E-state index is 6.18. The summed E-state index contributed by atoms with van der Waals surface area (Å²) in [4.78, 5) is 0. The normalized spacial score (nSPS) is 21.8. The molecule has 1 saturated heterocycles. The van der Waals surface area contributed by atoms with Gasteiger partial charge in [-0.05, 0) is 49.8 Å². The Bertz CT molecular complexity index is 391. The van der Waals surface area contributed by atoms with E-state index in [0.29, 0.717) is 16.1 Å². The van der Waals surface area contributed by atoms with Crippen LogP contribution in [0.3, 0.4) is 0 Å². The topological polar surface area (TPSA) is 35.2 Å². The number of halogens is 2. The first-order chi connectivity index (χ1) is 8.66. The van der Waals surface area contributed by atoms with Crippen LogP contribution in [0.15, 0.2) is 18.2 Å². The summed E-state index contributed by atoms with van der Waals surface area (Å²) in [7, 11) is 0. The fourth-order valence-electron chi connectivity index (χ4n) is 2.36. The van der Waals surface area contributed by atoms with E-state index in [9.17, 15) is 0 Å². The lowest BCUT2D eigenvalue weighted by Gasteiger charge is -2.24. The average Bonchev–Trinajstić information content (AvgIpc) is 2.37. The van der Waals surface area contributed by atoms with E-state index in [2.05, 4.69) is 0 Å². The van der Waals surface area contributed by atoms with Crippen molar-refractivity contribution in [2.75, 3.05) is 6.61 Å². The van der Waals surface area contributed by atoms with Crippen LogP contribution in [-0.4, -0.2) is 12.7 Å². The molecule has 100 valence electrons. The molecule has 2 nitrogen and oxygen atoms in total. The second kappa shape index (κ2) is 6.76. The Labute approximate surface area is 118 Å². The highest BCUT2D eigenvalue weighted by atomic mass is 35.5. The molecular weight excluding hydrogens is 269 g/mol. The monoisotopic (exact) mass is 287 g/mol. The molecule has 2 rings (SSSR count). The first kappa shape index (κ1) is 14.1. The smallest absolute Gasteiger partial charge is 0.0575 e. The average molecular weight is 288 g/mol. The van der Waals surface area contributed by atoms with E-state index in [0.717, 1.165) is 31.4 Å². The minimum atomic E-state index is -0.0414. The van der Waals surface area contributed by atoms with Gasteiger partial charge >= 0.3 is 0 Å². The summed E-state index contributed by atoms with van der Waals surface area (Å²) < 4.78 is 5.70. The number of hydrogen-bond acceptors (Lipinski definition) is 2. The standard InChI is InChI=1S/C14H19Cl2NO/c15-10-4-6-12(13(16)9-10)14(17)7-5-11-3-1-2-8-18-11/h4,6,9,11,14H,1-3,5,7-8,17H2. The summed E-state index contributed by atoms with van der Waals surface area (Å²) in [5, 5.41) is 1.30. The van der Waals surface area contributed by atoms with Gasteiger partial charge in [0, 0.05) is 22.7 Å². The molecule has 1 aliphatic rings. The number of hydrogen-bond donors (Lipinski definition) is 1. The minimum Gasteiger partial charge on any atom is -0.378 e. The molecule has 2 unspecified atom stereocenters. The highest BCUT2D eigenvalue weighted by Crippen LogP contribution is 2.28. The Hall–Kier alpha value is -0.280. The SMILES string of the molecule is NC(CCC1CCCCO1)c1ccc(Cl)cc1Cl. The van der Waals surface area contributed by atoms with Gasteiger partial charge in [-0.3, -0.25) is 0 Å². The molecule has 2 atom stereocenters. The molecule has 0 radical (unpaired) electrons. The van der Waals surface area contributed by atoms with Gasteiger partial charge in [-0.15, -0.1) is 0 Å². The molecule has 18 heavy (non-hydrogen) atoms. The van der Waals surface area contributed by atoms with Gasteiger partial charge < -0.3 is 10.5 Å². The van der Waals surface area contributed by atoms with Crippen LogP contribution in [-0.2, 0) is 4.74 Å². The van der Waals surface area contributed by atoms with Crippen molar-refractivity contribution in [2.45, 2.75) is 44.2 Å². The van der Waals surface area contributed by atoms with Crippen LogP contribution in [0.2, 0.25) is 10.0 Å². The molecule has 1 fully saturated rings. The second-order valence-corrected chi connectivity index (χ2v) is 5.68. The van der Waals surface area contributed by atoms with E-state index in [4.69, 9.17) is 33.7 Å². The summed E-state index contributed by atoms with van der Waals surface area (Å²) in [6.07, 6.45) is 5.87. The van der Waals surface area contributed by atoms with E-state index in [1.54, 1.807) is 6.07 Å². The van der Waals surface area contributed by atoms with Gasteiger partial charge in [0.15, 0.2) is 0 Å². The van der Waals surface area contributed by atoms with Crippen molar-refractivity contribution in [3.63, 3.8) is 0 Å². The zero-order chi connectivity index (χ0) is 13.0. The van der Waals surface area contributed by atoms with Gasteiger partial charge in [0.05, 0.1) is 6.10 Å². The van der Waals surface area contributed by atoms with E-state index in [-0.39, 0.29) is 6.04 Å². The summed E-state index contributed by atoms with van der Waals surface area (Å²) in [5.41, 5.74) is 7.15. The molecule has 0 aliphatic carbocycles. The predicted octanol–water partition coefficient (Wildman–Crippen LogP) is 4.34. The Morgan fingerprint density at radius 3 is 2.83 bits per heavy atom. The first-order valence-electron chi connectivity index (χ1n) is 6.49. The summed E-state index contributed by atoms with van der Waals surface area (Å²) in [5.74, 6) is 0. The van der Waals surface area contributed by atoms with Crippen molar-refractivity contribution in [1.82, 2.24) is 0 Å². The van der Waals surface area contributed by atoms with Crippen LogP contribution < -0.4 is 5.73 Å². The summed E-state index contributed by atoms with van der Waals surface area (Å²) >= 11 is 12.0. The number of benzene rings is 1. The van der Waals surface area contributed by atoms with Crippen molar-refractivity contribution in [3.8, 4) is 0 Å². The highest BCUT2D eigenvalue weighted by molar-refractivity contribution is 6.35. The molecule has 0 aromatic heterocycles. The second-order valence-electron chi connectivity index (χ2n) is 4.84. The molecule has 0 spiro atoms. The quantitative estimate of drug-likeness (QED) is 0.894. The van der Waals surface area contributed by atoms with Crippen molar-refractivity contribution in [3.05, 3.63) is 33.8 Å². The van der Waals surface area contributed by atoms with E-state index < -0.39 is 0 Å². The Morgan fingerprint density at radius 2 is 2.17 bits per heavy atom. The zero-order valence-electron chi connectivity index (χ0n) is 10.4. The third-order valence-corrected chi connectivity index (χ3v) is 4.00. The van der Waals surface area contributed by atoms with E-state index >= 15 is 0 Å². The summed E-state index contributed by atoms with van der Waals surface area (Å²) in [6, 6.07) is 5.45. The maximum absolute atomic E-state index is 6.18. The fraction of sp³-hybridized carbons (Fsp3) is 0.571. The molecule has 2 N–H and O–H groups in total. The third kappa shape index (κ3) is 3.86. The van der Waals surface area contributed by atoms with Crippen LogP contribution in [0.5, 0.6) is 0 Å². The first-order valence-corrected chi connectivity index (χ1v) is 7.24. The van der Waals surface area contributed by atoms with Crippen LogP contribution >= 0.6 is 23.2 Å². The Kier molecular flexibility index (Phi) is 5.31. The molecule has 1 aromatic carbocycles. The molecule has 0 amide bonds. The molecule has 0 bridgehead atoms. The van der Waals surface area contributed by atoms with Crippen molar-refractivity contribution >= 4 is 23.2 Å². The van der Waals surface area contributed by atoms with Crippen LogP contribution in [0, 0.1) is 0 Å². The van der Waals surface area contributed by atoms with Crippen LogP contribution in [0.4, 0.5) is 0 Å². The molecule has 1 aliphatic heterocycles. The predicted molar refractivity (Wildman–Crippen MR) is 76.2 cm³/mol. The zero-order valence-corrected chi connectivity index (χ0v) is 11.9. The van der Waals surface area contributed by atoms with Crippen LogP contribution in [0.1, 0.15) is 43.7 Å². The fourth-order valence-corrected chi connectivity index (χ4v) is 2.91. The Balaban J connectivity index is 1.88. The lowest BCUT2D eigenvalue weighted by Crippen LogP contribution is -2.21. The molecule has 4 heteroatoms. The Morgan fingerprint density at radius 1 is 1.33 bits per heavy atom. The molecule has 0 saturated carbocycles. The molecule has 1 heterocycles. The minimum absolute atomic E-state index is 0.0414. The van der Waals surface area contributed by atoms with Crippen molar-refractivity contribution < 1.29 is 4.74 Å². The van der Waals surface area contributed by atoms with Gasteiger partial charge in [0.25, 0.3) is 0 Å². The third-order valence-electron chi connectivity index (χ3n) is 3.44. The number of ether oxygens (including phenoxy) is 1. The van der Waals surface area contributed by atoms with Gasteiger partial charge in [0.1, 0.15) is 0 Å². The largest absolute Gasteiger partial charge is 0.378 e. The van der Waals surface area contributed by atoms with Crippen LogP contribution in [0.25, 0.3) is 0 Å². The summed E-state index contributed by atoms with van der Waals surface area (Å²) in [6.45, 7) is 0.890. The van der Waals surface area contributed by atoms with E-state index in [1.807, 2.05) is 12.1 Å². The number of nitrogens with two attached hydrogens (primary N) is 1. The van der Waals surface area contributed by atoms with Crippen molar-refractivity contribution in [2.24, 2.45) is 5.73 Å². The lowest BCUT2D eigenvalue weighted by molar-refractivity contribution is 0.00912. The van der Waals surface area contributed by atoms with Crippen molar-refractivity contribution in [1.29, 1.82) is 0 Å². The maximum Gasteiger partial charge on any atom is 0.0575 e. The number of rotatable bonds is 4.